The van der Waals surface area contributed by atoms with Gasteiger partial charge < -0.3 is 4.90 Å². The Morgan fingerprint density at radius 3 is 2.42 bits per heavy atom. The van der Waals surface area contributed by atoms with Crippen LogP contribution in [0.15, 0.2) is 65.8 Å². The molecule has 0 heterocycles. The van der Waals surface area contributed by atoms with E-state index in [2.05, 4.69) is 22.4 Å². The van der Waals surface area contributed by atoms with Crippen LogP contribution >= 0.6 is 0 Å². The second-order valence-electron chi connectivity index (χ2n) is 6.06. The van der Waals surface area contributed by atoms with E-state index in [9.17, 15) is 4.39 Å². The van der Waals surface area contributed by atoms with Gasteiger partial charge in [0.05, 0.1) is 11.4 Å². The normalized spacial score (nSPS) is 13.5. The van der Waals surface area contributed by atoms with E-state index in [1.165, 1.54) is 12.1 Å². The average Bonchev–Trinajstić information content (AvgIpc) is 2.56. The zero-order valence-electron chi connectivity index (χ0n) is 14.4. The monoisotopic (exact) mass is 325 g/mol. The SMILES string of the molecule is C[C@@H](CN(C)C)C(/C=C/c1ccc(F)cc1)=N\Nc1ccccc1. The molecular formula is C20H24FN3. The molecule has 126 valence electrons. The van der Waals surface area contributed by atoms with Gasteiger partial charge in [-0.25, -0.2) is 4.39 Å². The van der Waals surface area contributed by atoms with Crippen LogP contribution < -0.4 is 5.43 Å². The molecule has 0 aliphatic carbocycles. The molecule has 0 unspecified atom stereocenters. The quantitative estimate of drug-likeness (QED) is 0.599. The Bertz CT molecular complexity index is 676. The highest BCUT2D eigenvalue weighted by Crippen LogP contribution is 2.10. The van der Waals surface area contributed by atoms with Crippen molar-refractivity contribution in [3.05, 3.63) is 72.1 Å². The Kier molecular flexibility index (Phi) is 6.70. The second kappa shape index (κ2) is 8.99. The zero-order valence-corrected chi connectivity index (χ0v) is 14.4. The summed E-state index contributed by atoms with van der Waals surface area (Å²) in [5.41, 5.74) is 5.94. The largest absolute Gasteiger partial charge is 0.309 e. The summed E-state index contributed by atoms with van der Waals surface area (Å²) >= 11 is 0. The Labute approximate surface area is 143 Å². The number of nitrogens with zero attached hydrogens (tertiary/aromatic N) is 2. The van der Waals surface area contributed by atoms with E-state index in [4.69, 9.17) is 0 Å². The van der Waals surface area contributed by atoms with Crippen LogP contribution in [0.4, 0.5) is 10.1 Å². The number of nitrogens with one attached hydrogen (secondary N) is 1. The predicted molar refractivity (Wildman–Crippen MR) is 101 cm³/mol. The van der Waals surface area contributed by atoms with Gasteiger partial charge in [-0.2, -0.15) is 5.10 Å². The molecule has 0 aliphatic rings. The van der Waals surface area contributed by atoms with Gasteiger partial charge in [-0.15, -0.1) is 0 Å². The van der Waals surface area contributed by atoms with Crippen molar-refractivity contribution in [1.29, 1.82) is 0 Å². The number of hydrogen-bond donors (Lipinski definition) is 1. The maximum atomic E-state index is 13.0. The molecule has 24 heavy (non-hydrogen) atoms. The van der Waals surface area contributed by atoms with Crippen LogP contribution in [0.5, 0.6) is 0 Å². The van der Waals surface area contributed by atoms with Gasteiger partial charge in [0.2, 0.25) is 0 Å². The van der Waals surface area contributed by atoms with Crippen LogP contribution in [0, 0.1) is 11.7 Å². The molecule has 0 aliphatic heterocycles. The van der Waals surface area contributed by atoms with Gasteiger partial charge in [0, 0.05) is 12.5 Å². The van der Waals surface area contributed by atoms with E-state index in [-0.39, 0.29) is 11.7 Å². The first-order valence-corrected chi connectivity index (χ1v) is 8.01. The van der Waals surface area contributed by atoms with Gasteiger partial charge >= 0.3 is 0 Å². The number of para-hydroxylation sites is 1. The minimum Gasteiger partial charge on any atom is -0.309 e. The molecule has 0 fully saturated rings. The number of hydrogen-bond acceptors (Lipinski definition) is 3. The summed E-state index contributed by atoms with van der Waals surface area (Å²) in [5, 5.41) is 4.56. The van der Waals surface area contributed by atoms with E-state index in [0.29, 0.717) is 0 Å². The number of halogens is 1. The Balaban J connectivity index is 2.16. The van der Waals surface area contributed by atoms with Crippen LogP contribution in [0.25, 0.3) is 6.08 Å². The molecule has 1 atom stereocenters. The molecule has 0 saturated carbocycles. The van der Waals surface area contributed by atoms with Crippen molar-refractivity contribution in [1.82, 2.24) is 4.90 Å². The maximum Gasteiger partial charge on any atom is 0.123 e. The summed E-state index contributed by atoms with van der Waals surface area (Å²) in [4.78, 5) is 2.13. The first-order chi connectivity index (χ1) is 11.5. The van der Waals surface area contributed by atoms with Gasteiger partial charge in [-0.1, -0.05) is 43.3 Å². The summed E-state index contributed by atoms with van der Waals surface area (Å²) in [6.45, 7) is 3.03. The van der Waals surface area contributed by atoms with Gasteiger partial charge in [-0.05, 0) is 50.0 Å². The maximum absolute atomic E-state index is 13.0. The molecule has 1 N–H and O–H groups in total. The molecule has 3 nitrogen and oxygen atoms in total. The third-order valence-corrected chi connectivity index (χ3v) is 3.55. The zero-order chi connectivity index (χ0) is 17.4. The summed E-state index contributed by atoms with van der Waals surface area (Å²) < 4.78 is 13.0. The molecule has 2 rings (SSSR count). The molecule has 0 spiro atoms. The molecular weight excluding hydrogens is 301 g/mol. The highest BCUT2D eigenvalue weighted by Gasteiger charge is 2.09. The van der Waals surface area contributed by atoms with Crippen LogP contribution in [0.3, 0.4) is 0 Å². The molecule has 0 saturated heterocycles. The fourth-order valence-corrected chi connectivity index (χ4v) is 2.35. The van der Waals surface area contributed by atoms with Gasteiger partial charge in [0.25, 0.3) is 0 Å². The summed E-state index contributed by atoms with van der Waals surface area (Å²) in [7, 11) is 4.09. The summed E-state index contributed by atoms with van der Waals surface area (Å²) in [6, 6.07) is 16.3. The molecule has 2 aromatic rings. The van der Waals surface area contributed by atoms with Crippen molar-refractivity contribution in [2.45, 2.75) is 6.92 Å². The van der Waals surface area contributed by atoms with E-state index >= 15 is 0 Å². The van der Waals surface area contributed by atoms with Crippen molar-refractivity contribution >= 4 is 17.5 Å². The molecule has 0 aromatic heterocycles. The molecule has 0 radical (unpaired) electrons. The highest BCUT2D eigenvalue weighted by molar-refractivity contribution is 6.00. The van der Waals surface area contributed by atoms with E-state index < -0.39 is 0 Å². The predicted octanol–water partition coefficient (Wildman–Crippen LogP) is 4.50. The van der Waals surface area contributed by atoms with E-state index in [1.807, 2.05) is 56.6 Å². The second-order valence-corrected chi connectivity index (χ2v) is 6.06. The van der Waals surface area contributed by atoms with Crippen LogP contribution in [-0.4, -0.2) is 31.3 Å². The van der Waals surface area contributed by atoms with Gasteiger partial charge in [0.1, 0.15) is 5.82 Å². The molecule has 2 aromatic carbocycles. The van der Waals surface area contributed by atoms with Gasteiger partial charge in [-0.3, -0.25) is 5.43 Å². The lowest BCUT2D eigenvalue weighted by molar-refractivity contribution is 0.381. The Hall–Kier alpha value is -2.46. The topological polar surface area (TPSA) is 27.6 Å². The minimum absolute atomic E-state index is 0.229. The first-order valence-electron chi connectivity index (χ1n) is 8.01. The van der Waals surface area contributed by atoms with Crippen molar-refractivity contribution in [3.63, 3.8) is 0 Å². The minimum atomic E-state index is -0.229. The van der Waals surface area contributed by atoms with Crippen molar-refractivity contribution < 1.29 is 4.39 Å². The van der Waals surface area contributed by atoms with E-state index in [1.54, 1.807) is 12.1 Å². The fraction of sp³-hybridized carbons (Fsp3) is 0.250. The van der Waals surface area contributed by atoms with Crippen molar-refractivity contribution in [2.75, 3.05) is 26.1 Å². The number of anilines is 1. The van der Waals surface area contributed by atoms with Gasteiger partial charge in [0.15, 0.2) is 0 Å². The number of hydrazone groups is 1. The average molecular weight is 325 g/mol. The van der Waals surface area contributed by atoms with Crippen molar-refractivity contribution in [3.8, 4) is 0 Å². The highest BCUT2D eigenvalue weighted by atomic mass is 19.1. The lowest BCUT2D eigenvalue weighted by atomic mass is 10.0. The number of allylic oxidation sites excluding steroid dienone is 1. The van der Waals surface area contributed by atoms with Crippen molar-refractivity contribution in [2.24, 2.45) is 11.0 Å². The first kappa shape index (κ1) is 17.9. The third kappa shape index (κ3) is 5.97. The van der Waals surface area contributed by atoms with Crippen LogP contribution in [0.1, 0.15) is 12.5 Å². The molecule has 4 heteroatoms. The number of rotatable bonds is 7. The number of benzene rings is 2. The molecule has 0 bridgehead atoms. The summed E-state index contributed by atoms with van der Waals surface area (Å²) in [6.07, 6.45) is 3.94. The third-order valence-electron chi connectivity index (χ3n) is 3.55. The van der Waals surface area contributed by atoms with Crippen LogP contribution in [0.2, 0.25) is 0 Å². The summed E-state index contributed by atoms with van der Waals surface area (Å²) in [5.74, 6) is 0.0284. The standard InChI is InChI=1S/C20H24FN3/c1-16(15-24(2)3)20(23-22-19-7-5-4-6-8-19)14-11-17-9-12-18(21)13-10-17/h4-14,16,22H,15H2,1-3H3/b14-11+,23-20-/t16-/m0/s1. The molecule has 0 amide bonds. The van der Waals surface area contributed by atoms with Crippen LogP contribution in [-0.2, 0) is 0 Å². The smallest absolute Gasteiger partial charge is 0.123 e. The van der Waals surface area contributed by atoms with E-state index in [0.717, 1.165) is 23.5 Å². The Morgan fingerprint density at radius 1 is 1.12 bits per heavy atom. The Morgan fingerprint density at radius 2 is 1.79 bits per heavy atom. The lowest BCUT2D eigenvalue weighted by Gasteiger charge is -2.17. The fourth-order valence-electron chi connectivity index (χ4n) is 2.35. The lowest BCUT2D eigenvalue weighted by Crippen LogP contribution is -2.25.